The van der Waals surface area contributed by atoms with Gasteiger partial charge in [0, 0.05) is 35.8 Å². The molecule has 158 valence electrons. The number of nitrogen functional groups attached to an aromatic ring is 1. The van der Waals surface area contributed by atoms with Crippen LogP contribution in [-0.4, -0.2) is 42.8 Å². The van der Waals surface area contributed by atoms with Crippen molar-refractivity contribution >= 4 is 17.4 Å². The fraction of sp³-hybridized carbons (Fsp3) is 0.238. The zero-order valence-electron chi connectivity index (χ0n) is 16.5. The summed E-state index contributed by atoms with van der Waals surface area (Å²) in [5, 5.41) is 15.1. The van der Waals surface area contributed by atoms with Gasteiger partial charge in [0.25, 0.3) is 0 Å². The van der Waals surface area contributed by atoms with Gasteiger partial charge in [-0.1, -0.05) is 17.7 Å². The normalized spacial score (nSPS) is 14.8. The lowest BCUT2D eigenvalue weighted by molar-refractivity contribution is 0.369. The van der Waals surface area contributed by atoms with E-state index in [0.29, 0.717) is 11.6 Å². The predicted molar refractivity (Wildman–Crippen MR) is 116 cm³/mol. The SMILES string of the molecule is Nc1ncc(-c2ccn(C3CCNCC3)c2)cc1-c1nnnn1-c1cccc(Cl)c1F. The number of hydrogen-bond donors (Lipinski definition) is 2. The van der Waals surface area contributed by atoms with E-state index in [0.717, 1.165) is 37.1 Å². The van der Waals surface area contributed by atoms with Crippen LogP contribution in [0, 0.1) is 5.82 Å². The molecule has 3 aromatic heterocycles. The summed E-state index contributed by atoms with van der Waals surface area (Å²) in [5.74, 6) is -0.0784. The van der Waals surface area contributed by atoms with Crippen LogP contribution >= 0.6 is 11.6 Å². The van der Waals surface area contributed by atoms with Crippen LogP contribution in [0.1, 0.15) is 18.9 Å². The highest BCUT2D eigenvalue weighted by molar-refractivity contribution is 6.30. The molecule has 4 aromatic rings. The molecule has 10 heteroatoms. The molecule has 0 unspecified atom stereocenters. The molecular formula is C21H20ClFN8. The van der Waals surface area contributed by atoms with E-state index < -0.39 is 5.82 Å². The number of anilines is 1. The lowest BCUT2D eigenvalue weighted by atomic mass is 10.1. The van der Waals surface area contributed by atoms with Crippen LogP contribution in [0.4, 0.5) is 10.2 Å². The zero-order chi connectivity index (χ0) is 21.4. The van der Waals surface area contributed by atoms with Crippen molar-refractivity contribution in [2.75, 3.05) is 18.8 Å². The average molecular weight is 439 g/mol. The van der Waals surface area contributed by atoms with Gasteiger partial charge in [-0.2, -0.15) is 4.68 Å². The summed E-state index contributed by atoms with van der Waals surface area (Å²) < 4.78 is 18.1. The van der Waals surface area contributed by atoms with Gasteiger partial charge in [0.15, 0.2) is 11.6 Å². The van der Waals surface area contributed by atoms with Crippen LogP contribution in [0.25, 0.3) is 28.2 Å². The number of nitrogens with two attached hydrogens (primary N) is 1. The first-order valence-corrected chi connectivity index (χ1v) is 10.4. The lowest BCUT2D eigenvalue weighted by Gasteiger charge is -2.24. The van der Waals surface area contributed by atoms with Gasteiger partial charge in [-0.05, 0) is 60.6 Å². The van der Waals surface area contributed by atoms with Crippen LogP contribution in [-0.2, 0) is 0 Å². The molecule has 31 heavy (non-hydrogen) atoms. The maximum Gasteiger partial charge on any atom is 0.190 e. The van der Waals surface area contributed by atoms with Crippen molar-refractivity contribution in [1.82, 2.24) is 35.1 Å². The van der Waals surface area contributed by atoms with E-state index in [4.69, 9.17) is 17.3 Å². The van der Waals surface area contributed by atoms with E-state index in [2.05, 4.69) is 48.9 Å². The van der Waals surface area contributed by atoms with Gasteiger partial charge in [0.1, 0.15) is 11.5 Å². The number of benzene rings is 1. The molecule has 3 N–H and O–H groups in total. The largest absolute Gasteiger partial charge is 0.383 e. The van der Waals surface area contributed by atoms with Gasteiger partial charge in [-0.15, -0.1) is 5.10 Å². The van der Waals surface area contributed by atoms with E-state index in [-0.39, 0.29) is 22.4 Å². The molecule has 4 heterocycles. The Hall–Kier alpha value is -3.30. The van der Waals surface area contributed by atoms with Gasteiger partial charge < -0.3 is 15.6 Å². The molecule has 0 spiro atoms. The zero-order valence-corrected chi connectivity index (χ0v) is 17.3. The molecule has 1 aliphatic heterocycles. The minimum absolute atomic E-state index is 0.0157. The molecule has 1 aliphatic rings. The Morgan fingerprint density at radius 3 is 2.84 bits per heavy atom. The fourth-order valence-corrected chi connectivity index (χ4v) is 4.07. The third-order valence-corrected chi connectivity index (χ3v) is 5.86. The van der Waals surface area contributed by atoms with Crippen molar-refractivity contribution in [2.24, 2.45) is 0 Å². The Labute approximate surface area is 182 Å². The Morgan fingerprint density at radius 1 is 1.16 bits per heavy atom. The fourth-order valence-electron chi connectivity index (χ4n) is 3.90. The van der Waals surface area contributed by atoms with E-state index in [1.807, 2.05) is 6.07 Å². The first kappa shape index (κ1) is 19.7. The molecule has 0 saturated carbocycles. The lowest BCUT2D eigenvalue weighted by Crippen LogP contribution is -2.28. The van der Waals surface area contributed by atoms with E-state index in [1.54, 1.807) is 18.3 Å². The van der Waals surface area contributed by atoms with Gasteiger partial charge in [0.2, 0.25) is 0 Å². The Kier molecular flexibility index (Phi) is 5.13. The first-order chi connectivity index (χ1) is 15.1. The number of rotatable bonds is 4. The molecule has 0 atom stereocenters. The Morgan fingerprint density at radius 2 is 2.00 bits per heavy atom. The minimum atomic E-state index is -0.612. The van der Waals surface area contributed by atoms with Crippen LogP contribution in [0.5, 0.6) is 0 Å². The maximum absolute atomic E-state index is 14.6. The van der Waals surface area contributed by atoms with E-state index in [9.17, 15) is 4.39 Å². The second kappa shape index (κ2) is 8.09. The van der Waals surface area contributed by atoms with Crippen molar-refractivity contribution in [3.63, 3.8) is 0 Å². The quantitative estimate of drug-likeness (QED) is 0.506. The molecule has 0 radical (unpaired) electrons. The molecule has 0 bridgehead atoms. The van der Waals surface area contributed by atoms with Gasteiger partial charge in [-0.3, -0.25) is 0 Å². The number of halogens is 2. The van der Waals surface area contributed by atoms with E-state index in [1.165, 1.54) is 10.7 Å². The summed E-state index contributed by atoms with van der Waals surface area (Å²) in [6, 6.07) is 9.05. The summed E-state index contributed by atoms with van der Waals surface area (Å²) in [6.07, 6.45) is 8.12. The highest BCUT2D eigenvalue weighted by Gasteiger charge is 2.20. The Bertz CT molecular complexity index is 1230. The summed E-state index contributed by atoms with van der Waals surface area (Å²) in [4.78, 5) is 4.34. The molecule has 8 nitrogen and oxygen atoms in total. The monoisotopic (exact) mass is 438 g/mol. The van der Waals surface area contributed by atoms with Crippen molar-refractivity contribution in [3.8, 4) is 28.2 Å². The van der Waals surface area contributed by atoms with Crippen LogP contribution in [0.3, 0.4) is 0 Å². The number of pyridine rings is 1. The number of piperidine rings is 1. The Balaban J connectivity index is 1.53. The topological polar surface area (TPSA) is 99.5 Å². The summed E-state index contributed by atoms with van der Waals surface area (Å²) in [7, 11) is 0. The summed E-state index contributed by atoms with van der Waals surface area (Å²) in [5.41, 5.74) is 8.68. The molecule has 1 fully saturated rings. The third-order valence-electron chi connectivity index (χ3n) is 5.57. The number of nitrogens with zero attached hydrogens (tertiary/aromatic N) is 6. The van der Waals surface area contributed by atoms with Crippen LogP contribution in [0.15, 0.2) is 48.9 Å². The second-order valence-corrected chi connectivity index (χ2v) is 7.88. The minimum Gasteiger partial charge on any atom is -0.383 e. The molecule has 5 rings (SSSR count). The maximum atomic E-state index is 14.6. The number of nitrogens with one attached hydrogen (secondary N) is 1. The first-order valence-electron chi connectivity index (χ1n) is 9.99. The van der Waals surface area contributed by atoms with Gasteiger partial charge >= 0.3 is 0 Å². The van der Waals surface area contributed by atoms with Gasteiger partial charge in [-0.25, -0.2) is 9.37 Å². The summed E-state index contributed by atoms with van der Waals surface area (Å²) in [6.45, 7) is 2.04. The predicted octanol–water partition coefficient (Wildman–Crippen LogP) is 3.49. The highest BCUT2D eigenvalue weighted by Crippen LogP contribution is 2.31. The van der Waals surface area contributed by atoms with Crippen LogP contribution in [0.2, 0.25) is 5.02 Å². The average Bonchev–Trinajstić information content (AvgIpc) is 3.47. The standard InChI is InChI=1S/C21H20ClFN8/c22-17-2-1-3-18(19(17)23)31-21(27-28-29-31)16-10-14(11-26-20(16)24)13-6-9-30(12-13)15-4-7-25-8-5-15/h1-3,6,9-12,15,25H,4-5,7-8H2,(H2,24,26). The van der Waals surface area contributed by atoms with E-state index >= 15 is 0 Å². The second-order valence-electron chi connectivity index (χ2n) is 7.47. The highest BCUT2D eigenvalue weighted by atomic mass is 35.5. The van der Waals surface area contributed by atoms with Crippen LogP contribution < -0.4 is 11.1 Å². The molecule has 0 amide bonds. The number of aromatic nitrogens is 6. The van der Waals surface area contributed by atoms with Crippen molar-refractivity contribution in [2.45, 2.75) is 18.9 Å². The molecule has 0 aliphatic carbocycles. The molecule has 1 saturated heterocycles. The molecular weight excluding hydrogens is 419 g/mol. The summed E-state index contributed by atoms with van der Waals surface area (Å²) >= 11 is 5.93. The third kappa shape index (κ3) is 3.66. The molecule has 1 aromatic carbocycles. The van der Waals surface area contributed by atoms with Crippen molar-refractivity contribution < 1.29 is 4.39 Å². The number of hydrogen-bond acceptors (Lipinski definition) is 6. The van der Waals surface area contributed by atoms with Crippen molar-refractivity contribution in [3.05, 3.63) is 59.8 Å². The van der Waals surface area contributed by atoms with Crippen molar-refractivity contribution in [1.29, 1.82) is 0 Å². The van der Waals surface area contributed by atoms with Gasteiger partial charge in [0.05, 0.1) is 10.6 Å². The smallest absolute Gasteiger partial charge is 0.190 e. The number of tetrazole rings is 1.